The van der Waals surface area contributed by atoms with Crippen LogP contribution in [-0.2, 0) is 19.9 Å². The third-order valence-corrected chi connectivity index (χ3v) is 6.28. The molecule has 4 N–H and O–H groups in total. The van der Waals surface area contributed by atoms with E-state index in [-0.39, 0.29) is 34.2 Å². The number of aromatic nitrogens is 2. The average Bonchev–Trinajstić information content (AvgIpc) is 2.78. The van der Waals surface area contributed by atoms with Gasteiger partial charge in [-0.05, 0) is 20.3 Å². The summed E-state index contributed by atoms with van der Waals surface area (Å²) in [5.41, 5.74) is -1.16. The van der Waals surface area contributed by atoms with Crippen molar-refractivity contribution in [3.05, 3.63) is 11.4 Å². The van der Waals surface area contributed by atoms with Crippen LogP contribution in [0.15, 0.2) is 4.90 Å². The summed E-state index contributed by atoms with van der Waals surface area (Å²) in [6, 6.07) is 0. The zero-order valence-electron chi connectivity index (χ0n) is 11.5. The van der Waals surface area contributed by atoms with E-state index in [1.165, 1.54) is 6.92 Å². The minimum Gasteiger partial charge on any atom is -0.344 e. The van der Waals surface area contributed by atoms with Crippen molar-refractivity contribution in [3.63, 3.8) is 0 Å². The zero-order chi connectivity index (χ0) is 16.1. The molecular formula is C10H16N4O5S2. The average molecular weight is 336 g/mol. The molecule has 1 aromatic heterocycles. The van der Waals surface area contributed by atoms with Gasteiger partial charge in [0, 0.05) is 0 Å². The van der Waals surface area contributed by atoms with Crippen molar-refractivity contribution in [3.8, 4) is 0 Å². The minimum atomic E-state index is -4.11. The lowest BCUT2D eigenvalue weighted by atomic mass is 10.0. The molecule has 1 fully saturated rings. The third kappa shape index (κ3) is 3.24. The number of hydrogen-bond donors (Lipinski definition) is 3. The molecule has 2 rings (SSSR count). The fraction of sp³-hybridized carbons (Fsp3) is 0.600. The van der Waals surface area contributed by atoms with Crippen LogP contribution in [0.4, 0.5) is 0 Å². The summed E-state index contributed by atoms with van der Waals surface area (Å²) in [6.07, 6.45) is 0.259. The predicted octanol–water partition coefficient (Wildman–Crippen LogP) is -1.33. The lowest BCUT2D eigenvalue weighted by Crippen LogP contribution is -2.47. The first kappa shape index (κ1) is 15.9. The highest BCUT2D eigenvalue weighted by Crippen LogP contribution is 2.24. The Bertz CT molecular complexity index is 795. The molecule has 1 aromatic rings. The van der Waals surface area contributed by atoms with Gasteiger partial charge in [0.05, 0.1) is 22.7 Å². The highest BCUT2D eigenvalue weighted by atomic mass is 32.2. The van der Waals surface area contributed by atoms with Crippen molar-refractivity contribution in [2.45, 2.75) is 30.7 Å². The number of nitrogens with two attached hydrogens (primary N) is 1. The Kier molecular flexibility index (Phi) is 3.62. The molecule has 118 valence electrons. The Morgan fingerprint density at radius 3 is 2.57 bits per heavy atom. The monoisotopic (exact) mass is 336 g/mol. The normalized spacial score (nSPS) is 24.9. The Hall–Kier alpha value is -1.46. The molecule has 1 aliphatic heterocycles. The summed E-state index contributed by atoms with van der Waals surface area (Å²) in [4.78, 5) is 11.8. The van der Waals surface area contributed by atoms with Crippen LogP contribution in [0.1, 0.15) is 29.5 Å². The van der Waals surface area contributed by atoms with Gasteiger partial charge in [0.15, 0.2) is 15.5 Å². The maximum absolute atomic E-state index is 12.2. The number of amides is 1. The van der Waals surface area contributed by atoms with E-state index in [4.69, 9.17) is 5.14 Å². The highest BCUT2D eigenvalue weighted by Gasteiger charge is 2.40. The van der Waals surface area contributed by atoms with Crippen molar-refractivity contribution in [2.24, 2.45) is 5.14 Å². The summed E-state index contributed by atoms with van der Waals surface area (Å²) in [6.45, 7) is 3.01. The summed E-state index contributed by atoms with van der Waals surface area (Å²) >= 11 is 0. The molecule has 0 radical (unpaired) electrons. The molecule has 0 spiro atoms. The number of H-pyrrole nitrogens is 1. The maximum atomic E-state index is 12.2. The van der Waals surface area contributed by atoms with Crippen molar-refractivity contribution in [1.29, 1.82) is 0 Å². The number of hydrogen-bond acceptors (Lipinski definition) is 6. The molecule has 0 aromatic carbocycles. The van der Waals surface area contributed by atoms with Gasteiger partial charge in [-0.1, -0.05) is 0 Å². The Morgan fingerprint density at radius 2 is 2.10 bits per heavy atom. The van der Waals surface area contributed by atoms with E-state index in [1.54, 1.807) is 6.92 Å². The molecule has 0 bridgehead atoms. The number of aromatic amines is 1. The van der Waals surface area contributed by atoms with Gasteiger partial charge in [0.1, 0.15) is 4.90 Å². The van der Waals surface area contributed by atoms with E-state index in [1.807, 2.05) is 0 Å². The molecule has 9 nitrogen and oxygen atoms in total. The smallest absolute Gasteiger partial charge is 0.273 e. The van der Waals surface area contributed by atoms with Crippen LogP contribution < -0.4 is 10.5 Å². The maximum Gasteiger partial charge on any atom is 0.273 e. The molecule has 1 atom stereocenters. The Morgan fingerprint density at radius 1 is 1.48 bits per heavy atom. The lowest BCUT2D eigenvalue weighted by molar-refractivity contribution is 0.0906. The molecule has 2 heterocycles. The van der Waals surface area contributed by atoms with Crippen molar-refractivity contribution < 1.29 is 21.6 Å². The van der Waals surface area contributed by atoms with Crippen molar-refractivity contribution in [1.82, 2.24) is 15.5 Å². The van der Waals surface area contributed by atoms with Crippen LogP contribution in [0, 0.1) is 6.92 Å². The van der Waals surface area contributed by atoms with Gasteiger partial charge in [-0.25, -0.2) is 22.0 Å². The summed E-state index contributed by atoms with van der Waals surface area (Å²) in [7, 11) is -7.32. The van der Waals surface area contributed by atoms with Gasteiger partial charge >= 0.3 is 0 Å². The van der Waals surface area contributed by atoms with Crippen LogP contribution in [0.5, 0.6) is 0 Å². The van der Waals surface area contributed by atoms with Crippen LogP contribution in [0.25, 0.3) is 0 Å². The van der Waals surface area contributed by atoms with Gasteiger partial charge in [-0.2, -0.15) is 5.10 Å². The lowest BCUT2D eigenvalue weighted by Gasteiger charge is -2.23. The van der Waals surface area contributed by atoms with Crippen LogP contribution in [0.2, 0.25) is 0 Å². The second-order valence-electron chi connectivity index (χ2n) is 5.43. The van der Waals surface area contributed by atoms with Gasteiger partial charge in [-0.15, -0.1) is 0 Å². The largest absolute Gasteiger partial charge is 0.344 e. The second-order valence-corrected chi connectivity index (χ2v) is 9.11. The number of aryl methyl sites for hydroxylation is 1. The SMILES string of the molecule is Cc1[nH]nc(C(=O)NC2(C)CCS(=O)(=O)C2)c1S(N)(=O)=O. The van der Waals surface area contributed by atoms with E-state index in [0.29, 0.717) is 0 Å². The summed E-state index contributed by atoms with van der Waals surface area (Å²) in [5, 5.41) is 13.6. The molecule has 1 saturated heterocycles. The molecule has 1 aliphatic rings. The fourth-order valence-electron chi connectivity index (χ4n) is 2.36. The van der Waals surface area contributed by atoms with Gasteiger partial charge in [0.25, 0.3) is 5.91 Å². The number of nitrogens with one attached hydrogen (secondary N) is 2. The molecule has 0 aliphatic carbocycles. The van der Waals surface area contributed by atoms with Gasteiger partial charge < -0.3 is 5.32 Å². The number of rotatable bonds is 3. The van der Waals surface area contributed by atoms with Crippen LogP contribution >= 0.6 is 0 Å². The quantitative estimate of drug-likeness (QED) is 0.622. The summed E-state index contributed by atoms with van der Waals surface area (Å²) in [5.74, 6) is -0.992. The topological polar surface area (TPSA) is 152 Å². The van der Waals surface area contributed by atoms with E-state index >= 15 is 0 Å². The zero-order valence-corrected chi connectivity index (χ0v) is 13.1. The number of sulfonamides is 1. The van der Waals surface area contributed by atoms with Crippen molar-refractivity contribution in [2.75, 3.05) is 11.5 Å². The number of carbonyl (C=O) groups excluding carboxylic acids is 1. The van der Waals surface area contributed by atoms with E-state index in [9.17, 15) is 21.6 Å². The molecule has 21 heavy (non-hydrogen) atoms. The molecule has 1 amide bonds. The second kappa shape index (κ2) is 4.78. The van der Waals surface area contributed by atoms with Crippen LogP contribution in [0.3, 0.4) is 0 Å². The molecule has 1 unspecified atom stereocenters. The highest BCUT2D eigenvalue weighted by molar-refractivity contribution is 7.91. The Balaban J connectivity index is 2.31. The predicted molar refractivity (Wildman–Crippen MR) is 73.8 cm³/mol. The molecular weight excluding hydrogens is 320 g/mol. The first-order valence-electron chi connectivity index (χ1n) is 6.04. The number of primary sulfonamides is 1. The molecule has 11 heteroatoms. The van der Waals surface area contributed by atoms with Crippen LogP contribution in [-0.4, -0.2) is 50.0 Å². The first-order chi connectivity index (χ1) is 9.44. The summed E-state index contributed by atoms with van der Waals surface area (Å²) < 4.78 is 46.0. The van der Waals surface area contributed by atoms with E-state index in [0.717, 1.165) is 0 Å². The van der Waals surface area contributed by atoms with E-state index < -0.39 is 31.3 Å². The minimum absolute atomic E-state index is 0.0224. The van der Waals surface area contributed by atoms with Gasteiger partial charge in [-0.3, -0.25) is 9.89 Å². The molecule has 0 saturated carbocycles. The number of sulfone groups is 1. The van der Waals surface area contributed by atoms with Crippen molar-refractivity contribution >= 4 is 25.8 Å². The standard InChI is InChI=1S/C10H16N4O5S2/c1-6-8(21(11,18)19)7(14-13-6)9(15)12-10(2)3-4-20(16,17)5-10/h3-5H2,1-2H3,(H,12,15)(H,13,14)(H2,11,18,19). The van der Waals surface area contributed by atoms with Gasteiger partial charge in [0.2, 0.25) is 10.0 Å². The Labute approximate surface area is 122 Å². The first-order valence-corrected chi connectivity index (χ1v) is 9.41. The fourth-order valence-corrected chi connectivity index (χ4v) is 5.34. The number of carbonyl (C=O) groups is 1. The number of nitrogens with zero attached hydrogens (tertiary/aromatic N) is 1. The third-order valence-electron chi connectivity index (χ3n) is 3.31. The van der Waals surface area contributed by atoms with E-state index in [2.05, 4.69) is 15.5 Å².